The second kappa shape index (κ2) is 9.01. The maximum absolute atomic E-state index is 5.41. The van der Waals surface area contributed by atoms with Crippen molar-refractivity contribution < 1.29 is 9.47 Å². The van der Waals surface area contributed by atoms with Gasteiger partial charge in [0.2, 0.25) is 5.95 Å². The van der Waals surface area contributed by atoms with E-state index in [2.05, 4.69) is 21.8 Å². The molecule has 98 valence electrons. The van der Waals surface area contributed by atoms with Crippen LogP contribution in [0.1, 0.15) is 19.8 Å². The van der Waals surface area contributed by atoms with E-state index in [-0.39, 0.29) is 0 Å². The average molecular weight is 241 g/mol. The van der Waals surface area contributed by atoms with Crippen LogP contribution in [0, 0.1) is 0 Å². The van der Waals surface area contributed by atoms with Gasteiger partial charge in [0.15, 0.2) is 0 Å². The summed E-state index contributed by atoms with van der Waals surface area (Å²) in [6.45, 7) is 6.18. The maximum Gasteiger partial charge on any atom is 0.202 e. The van der Waals surface area contributed by atoms with Crippen LogP contribution in [-0.2, 0) is 16.0 Å². The standard InChI is InChI=1S/C12H23N3O2/c1-3-9-17-10-4-5-13-12-14-6-7-15(12)8-11-16-2/h6-7H,3-5,8-11H2,1-2H3,(H,13,14). The smallest absolute Gasteiger partial charge is 0.202 e. The van der Waals surface area contributed by atoms with Gasteiger partial charge in [0.05, 0.1) is 6.61 Å². The Bertz CT molecular complexity index is 289. The minimum atomic E-state index is 0.699. The Morgan fingerprint density at radius 2 is 2.24 bits per heavy atom. The summed E-state index contributed by atoms with van der Waals surface area (Å²) in [6.07, 6.45) is 5.83. The van der Waals surface area contributed by atoms with Gasteiger partial charge in [-0.05, 0) is 12.8 Å². The molecule has 0 saturated heterocycles. The Labute approximate surface area is 103 Å². The number of rotatable bonds is 10. The molecule has 1 aromatic heterocycles. The molecular weight excluding hydrogens is 218 g/mol. The predicted octanol–water partition coefficient (Wildman–Crippen LogP) is 1.76. The van der Waals surface area contributed by atoms with Crippen molar-refractivity contribution in [3.63, 3.8) is 0 Å². The van der Waals surface area contributed by atoms with Crippen LogP contribution < -0.4 is 5.32 Å². The minimum absolute atomic E-state index is 0.699. The molecule has 1 heterocycles. The van der Waals surface area contributed by atoms with Gasteiger partial charge >= 0.3 is 0 Å². The van der Waals surface area contributed by atoms with Crippen LogP contribution in [0.15, 0.2) is 12.4 Å². The molecule has 0 aromatic carbocycles. The summed E-state index contributed by atoms with van der Waals surface area (Å²) in [5.41, 5.74) is 0. The van der Waals surface area contributed by atoms with Crippen molar-refractivity contribution in [1.82, 2.24) is 9.55 Å². The third-order valence-corrected chi connectivity index (χ3v) is 2.35. The van der Waals surface area contributed by atoms with E-state index in [1.54, 1.807) is 13.3 Å². The molecular formula is C12H23N3O2. The Morgan fingerprint density at radius 3 is 3.00 bits per heavy atom. The molecule has 0 unspecified atom stereocenters. The Balaban J connectivity index is 2.15. The topological polar surface area (TPSA) is 48.3 Å². The Hall–Kier alpha value is -1.07. The van der Waals surface area contributed by atoms with Gasteiger partial charge in [0, 0.05) is 45.8 Å². The summed E-state index contributed by atoms with van der Waals surface area (Å²) >= 11 is 0. The molecule has 0 bridgehead atoms. The summed E-state index contributed by atoms with van der Waals surface area (Å²) in [7, 11) is 1.70. The number of hydrogen-bond acceptors (Lipinski definition) is 4. The summed E-state index contributed by atoms with van der Waals surface area (Å²) in [6, 6.07) is 0. The number of nitrogens with one attached hydrogen (secondary N) is 1. The van der Waals surface area contributed by atoms with Crippen molar-refractivity contribution in [1.29, 1.82) is 0 Å². The number of nitrogens with zero attached hydrogens (tertiary/aromatic N) is 2. The number of methoxy groups -OCH3 is 1. The molecule has 0 aliphatic rings. The molecule has 1 aromatic rings. The van der Waals surface area contributed by atoms with Crippen LogP contribution in [0.2, 0.25) is 0 Å². The molecule has 0 amide bonds. The van der Waals surface area contributed by atoms with E-state index in [4.69, 9.17) is 9.47 Å². The molecule has 5 heteroatoms. The van der Waals surface area contributed by atoms with E-state index in [1.807, 2.05) is 6.20 Å². The van der Waals surface area contributed by atoms with Crippen LogP contribution in [0.5, 0.6) is 0 Å². The SMILES string of the molecule is CCCOCCCNc1nccn1CCOC. The number of imidazole rings is 1. The van der Waals surface area contributed by atoms with Gasteiger partial charge in [-0.15, -0.1) is 0 Å². The van der Waals surface area contributed by atoms with Gasteiger partial charge in [-0.2, -0.15) is 0 Å². The molecule has 0 atom stereocenters. The lowest BCUT2D eigenvalue weighted by Gasteiger charge is -2.09. The first-order valence-electron chi connectivity index (χ1n) is 6.20. The van der Waals surface area contributed by atoms with Crippen LogP contribution >= 0.6 is 0 Å². The normalized spacial score (nSPS) is 10.7. The van der Waals surface area contributed by atoms with E-state index in [0.717, 1.165) is 45.1 Å². The fraction of sp³-hybridized carbons (Fsp3) is 0.750. The van der Waals surface area contributed by atoms with E-state index in [9.17, 15) is 0 Å². The van der Waals surface area contributed by atoms with Crippen molar-refractivity contribution >= 4 is 5.95 Å². The first-order valence-corrected chi connectivity index (χ1v) is 6.20. The van der Waals surface area contributed by atoms with E-state index in [0.29, 0.717) is 6.61 Å². The van der Waals surface area contributed by atoms with Crippen LogP contribution in [0.3, 0.4) is 0 Å². The lowest BCUT2D eigenvalue weighted by Crippen LogP contribution is -2.12. The predicted molar refractivity (Wildman–Crippen MR) is 68.3 cm³/mol. The van der Waals surface area contributed by atoms with Crippen molar-refractivity contribution in [2.75, 3.05) is 38.8 Å². The molecule has 5 nitrogen and oxygen atoms in total. The third kappa shape index (κ3) is 5.70. The molecule has 0 aliphatic carbocycles. The molecule has 0 radical (unpaired) electrons. The van der Waals surface area contributed by atoms with Gasteiger partial charge in [-0.25, -0.2) is 4.98 Å². The maximum atomic E-state index is 5.41. The highest BCUT2D eigenvalue weighted by Crippen LogP contribution is 2.03. The van der Waals surface area contributed by atoms with Gasteiger partial charge in [-0.3, -0.25) is 0 Å². The van der Waals surface area contributed by atoms with Crippen molar-refractivity contribution in [3.05, 3.63) is 12.4 Å². The molecule has 1 N–H and O–H groups in total. The monoisotopic (exact) mass is 241 g/mol. The van der Waals surface area contributed by atoms with Crippen LogP contribution in [-0.4, -0.2) is 43.0 Å². The van der Waals surface area contributed by atoms with Crippen molar-refractivity contribution in [2.45, 2.75) is 26.3 Å². The largest absolute Gasteiger partial charge is 0.383 e. The molecule has 0 spiro atoms. The quantitative estimate of drug-likeness (QED) is 0.634. The average Bonchev–Trinajstić information content (AvgIpc) is 2.78. The zero-order valence-electron chi connectivity index (χ0n) is 10.8. The van der Waals surface area contributed by atoms with Gasteiger partial charge in [-0.1, -0.05) is 6.92 Å². The first kappa shape index (κ1) is 14.0. The fourth-order valence-electron chi connectivity index (χ4n) is 1.47. The summed E-state index contributed by atoms with van der Waals surface area (Å²) in [4.78, 5) is 4.26. The third-order valence-electron chi connectivity index (χ3n) is 2.35. The number of aromatic nitrogens is 2. The van der Waals surface area contributed by atoms with Crippen molar-refractivity contribution in [3.8, 4) is 0 Å². The molecule has 0 saturated carbocycles. The highest BCUT2D eigenvalue weighted by molar-refractivity contribution is 5.25. The van der Waals surface area contributed by atoms with E-state index in [1.165, 1.54) is 0 Å². The van der Waals surface area contributed by atoms with Crippen LogP contribution in [0.4, 0.5) is 5.95 Å². The lowest BCUT2D eigenvalue weighted by atomic mass is 10.4. The zero-order valence-corrected chi connectivity index (χ0v) is 10.8. The van der Waals surface area contributed by atoms with E-state index < -0.39 is 0 Å². The molecule has 17 heavy (non-hydrogen) atoms. The lowest BCUT2D eigenvalue weighted by molar-refractivity contribution is 0.134. The number of hydrogen-bond donors (Lipinski definition) is 1. The first-order chi connectivity index (χ1) is 8.38. The second-order valence-electron chi connectivity index (χ2n) is 3.83. The number of anilines is 1. The molecule has 0 fully saturated rings. The molecule has 0 aliphatic heterocycles. The van der Waals surface area contributed by atoms with E-state index >= 15 is 0 Å². The summed E-state index contributed by atoms with van der Waals surface area (Å²) < 4.78 is 12.5. The summed E-state index contributed by atoms with van der Waals surface area (Å²) in [5, 5.41) is 3.30. The van der Waals surface area contributed by atoms with Gasteiger partial charge in [0.1, 0.15) is 0 Å². The Kier molecular flexibility index (Phi) is 7.42. The van der Waals surface area contributed by atoms with Crippen LogP contribution in [0.25, 0.3) is 0 Å². The molecule has 1 rings (SSSR count). The van der Waals surface area contributed by atoms with Gasteiger partial charge in [0.25, 0.3) is 0 Å². The highest BCUT2D eigenvalue weighted by Gasteiger charge is 2.00. The zero-order chi connectivity index (χ0) is 12.3. The summed E-state index contributed by atoms with van der Waals surface area (Å²) in [5.74, 6) is 0.901. The number of ether oxygens (including phenoxy) is 2. The van der Waals surface area contributed by atoms with Crippen molar-refractivity contribution in [2.24, 2.45) is 0 Å². The Morgan fingerprint density at radius 1 is 1.35 bits per heavy atom. The minimum Gasteiger partial charge on any atom is -0.383 e. The highest BCUT2D eigenvalue weighted by atomic mass is 16.5. The second-order valence-corrected chi connectivity index (χ2v) is 3.83. The fourth-order valence-corrected chi connectivity index (χ4v) is 1.47. The van der Waals surface area contributed by atoms with Gasteiger partial charge < -0.3 is 19.4 Å².